The lowest BCUT2D eigenvalue weighted by Gasteiger charge is -2.00. The first kappa shape index (κ1) is 11.4. The van der Waals surface area contributed by atoms with Gasteiger partial charge < -0.3 is 10.3 Å². The highest BCUT2D eigenvalue weighted by Gasteiger charge is 2.15. The summed E-state index contributed by atoms with van der Waals surface area (Å²) in [6.45, 7) is 2.52. The lowest BCUT2D eigenvalue weighted by Crippen LogP contribution is -1.97. The Morgan fingerprint density at radius 3 is 2.89 bits per heavy atom. The fraction of sp³-hybridized carbons (Fsp3) is 0.231. The van der Waals surface area contributed by atoms with E-state index in [1.54, 1.807) is 11.3 Å². The molecule has 18 heavy (non-hydrogen) atoms. The van der Waals surface area contributed by atoms with Crippen LogP contribution >= 0.6 is 11.3 Å². The molecule has 2 heterocycles. The van der Waals surface area contributed by atoms with Crippen molar-refractivity contribution in [2.24, 2.45) is 12.8 Å². The van der Waals surface area contributed by atoms with Crippen molar-refractivity contribution < 1.29 is 0 Å². The summed E-state index contributed by atoms with van der Waals surface area (Å²) in [4.78, 5) is 10.1. The summed E-state index contributed by atoms with van der Waals surface area (Å²) in [5, 5.41) is 0. The molecule has 2 N–H and O–H groups in total. The van der Waals surface area contributed by atoms with Gasteiger partial charge in [-0.2, -0.15) is 0 Å². The number of rotatable bonds is 2. The van der Waals surface area contributed by atoms with E-state index in [9.17, 15) is 0 Å². The van der Waals surface area contributed by atoms with Crippen LogP contribution in [0.1, 0.15) is 11.3 Å². The number of benzene rings is 1. The fourth-order valence-electron chi connectivity index (χ4n) is 2.16. The van der Waals surface area contributed by atoms with Crippen LogP contribution in [0.2, 0.25) is 0 Å². The molecule has 1 aromatic carbocycles. The summed E-state index contributed by atoms with van der Waals surface area (Å²) >= 11 is 1.62. The standard InChI is InChI=1S/C13H14N4S/c1-8-12(18-7-15-8)13-16-11-9(6-14)4-3-5-10(11)17(13)2/h3-5,7H,6,14H2,1-2H3. The van der Waals surface area contributed by atoms with E-state index in [0.29, 0.717) is 6.54 Å². The zero-order valence-electron chi connectivity index (χ0n) is 10.3. The number of imidazole rings is 1. The maximum Gasteiger partial charge on any atom is 0.152 e. The Labute approximate surface area is 109 Å². The minimum Gasteiger partial charge on any atom is -0.326 e. The van der Waals surface area contributed by atoms with Crippen molar-refractivity contribution >= 4 is 22.4 Å². The third-order valence-corrected chi connectivity index (χ3v) is 4.09. The Morgan fingerprint density at radius 2 is 2.22 bits per heavy atom. The largest absolute Gasteiger partial charge is 0.326 e. The van der Waals surface area contributed by atoms with Gasteiger partial charge >= 0.3 is 0 Å². The molecule has 0 amide bonds. The molecule has 0 aliphatic heterocycles. The third kappa shape index (κ3) is 1.55. The monoisotopic (exact) mass is 258 g/mol. The van der Waals surface area contributed by atoms with Crippen LogP contribution in [0.4, 0.5) is 0 Å². The van der Waals surface area contributed by atoms with Gasteiger partial charge in [0.2, 0.25) is 0 Å². The highest BCUT2D eigenvalue weighted by molar-refractivity contribution is 7.13. The zero-order chi connectivity index (χ0) is 12.7. The van der Waals surface area contributed by atoms with Crippen LogP contribution in [0.25, 0.3) is 21.7 Å². The Kier molecular flexibility index (Phi) is 2.65. The molecule has 4 nitrogen and oxygen atoms in total. The Bertz CT molecular complexity index is 711. The number of fused-ring (bicyclic) bond motifs is 1. The molecule has 0 fully saturated rings. The second-order valence-corrected chi connectivity index (χ2v) is 5.11. The number of hydrogen-bond acceptors (Lipinski definition) is 4. The van der Waals surface area contributed by atoms with Gasteiger partial charge in [-0.05, 0) is 18.6 Å². The number of para-hydroxylation sites is 1. The van der Waals surface area contributed by atoms with Crippen molar-refractivity contribution in [1.29, 1.82) is 0 Å². The van der Waals surface area contributed by atoms with Crippen LogP contribution < -0.4 is 5.73 Å². The van der Waals surface area contributed by atoms with E-state index >= 15 is 0 Å². The molecular formula is C13H14N4S. The molecule has 92 valence electrons. The van der Waals surface area contributed by atoms with Crippen LogP contribution in [0.15, 0.2) is 23.7 Å². The summed E-state index contributed by atoms with van der Waals surface area (Å²) in [6.07, 6.45) is 0. The van der Waals surface area contributed by atoms with Crippen LogP contribution in [0.5, 0.6) is 0 Å². The average Bonchev–Trinajstić information content (AvgIpc) is 2.93. The average molecular weight is 258 g/mol. The van der Waals surface area contributed by atoms with Crippen molar-refractivity contribution in [3.63, 3.8) is 0 Å². The molecule has 2 aromatic heterocycles. The lowest BCUT2D eigenvalue weighted by molar-refractivity contribution is 0.960. The molecule has 0 aliphatic rings. The summed E-state index contributed by atoms with van der Waals surface area (Å²) in [7, 11) is 2.03. The maximum absolute atomic E-state index is 5.76. The molecule has 0 saturated carbocycles. The van der Waals surface area contributed by atoms with Crippen LogP contribution in [0, 0.1) is 6.92 Å². The molecule has 0 atom stereocenters. The molecule has 0 bridgehead atoms. The van der Waals surface area contributed by atoms with E-state index in [-0.39, 0.29) is 0 Å². The molecule has 0 spiro atoms. The van der Waals surface area contributed by atoms with Gasteiger partial charge in [0.15, 0.2) is 5.82 Å². The Hall–Kier alpha value is -1.72. The van der Waals surface area contributed by atoms with Gasteiger partial charge in [0, 0.05) is 13.6 Å². The summed E-state index contributed by atoms with van der Waals surface area (Å²) in [5.74, 6) is 0.964. The molecule has 0 saturated heterocycles. The van der Waals surface area contributed by atoms with E-state index in [2.05, 4.69) is 15.6 Å². The highest BCUT2D eigenvalue weighted by atomic mass is 32.1. The quantitative estimate of drug-likeness (QED) is 0.768. The van der Waals surface area contributed by atoms with Gasteiger partial charge in [-0.25, -0.2) is 9.97 Å². The normalized spacial score (nSPS) is 11.3. The smallest absolute Gasteiger partial charge is 0.152 e. The Morgan fingerprint density at radius 1 is 1.39 bits per heavy atom. The number of aryl methyl sites for hydroxylation is 2. The molecule has 3 aromatic rings. The fourth-order valence-corrected chi connectivity index (χ4v) is 2.98. The lowest BCUT2D eigenvalue weighted by atomic mass is 10.2. The van der Waals surface area contributed by atoms with Crippen LogP contribution in [-0.2, 0) is 13.6 Å². The number of aromatic nitrogens is 3. The third-order valence-electron chi connectivity index (χ3n) is 3.16. The van der Waals surface area contributed by atoms with Crippen LogP contribution in [-0.4, -0.2) is 14.5 Å². The summed E-state index contributed by atoms with van der Waals surface area (Å²) in [5.41, 5.74) is 11.8. The number of thiazole rings is 1. The number of nitrogens with two attached hydrogens (primary N) is 1. The minimum atomic E-state index is 0.509. The van der Waals surface area contributed by atoms with Crippen molar-refractivity contribution in [3.05, 3.63) is 35.0 Å². The molecule has 5 heteroatoms. The van der Waals surface area contributed by atoms with E-state index in [0.717, 1.165) is 33.0 Å². The van der Waals surface area contributed by atoms with Crippen molar-refractivity contribution in [2.45, 2.75) is 13.5 Å². The van der Waals surface area contributed by atoms with E-state index in [1.165, 1.54) is 0 Å². The molecular weight excluding hydrogens is 244 g/mol. The summed E-state index contributed by atoms with van der Waals surface area (Å²) in [6, 6.07) is 6.12. The number of hydrogen-bond donors (Lipinski definition) is 1. The maximum atomic E-state index is 5.76. The van der Waals surface area contributed by atoms with Crippen molar-refractivity contribution in [2.75, 3.05) is 0 Å². The zero-order valence-corrected chi connectivity index (χ0v) is 11.2. The second kappa shape index (κ2) is 4.19. The van der Waals surface area contributed by atoms with Crippen molar-refractivity contribution in [1.82, 2.24) is 14.5 Å². The second-order valence-electron chi connectivity index (χ2n) is 4.25. The van der Waals surface area contributed by atoms with Gasteiger partial charge in [-0.15, -0.1) is 11.3 Å². The first-order chi connectivity index (χ1) is 8.72. The van der Waals surface area contributed by atoms with Gasteiger partial charge in [0.05, 0.1) is 27.1 Å². The number of nitrogens with zero attached hydrogens (tertiary/aromatic N) is 3. The predicted molar refractivity (Wildman–Crippen MR) is 74.5 cm³/mol. The Balaban J connectivity index is 2.32. The van der Waals surface area contributed by atoms with E-state index in [1.807, 2.05) is 31.6 Å². The van der Waals surface area contributed by atoms with Gasteiger partial charge in [0.25, 0.3) is 0 Å². The first-order valence-corrected chi connectivity index (χ1v) is 6.65. The molecule has 0 unspecified atom stereocenters. The molecule has 0 radical (unpaired) electrons. The van der Waals surface area contributed by atoms with E-state index < -0.39 is 0 Å². The SMILES string of the molecule is Cc1ncsc1-c1nc2c(CN)cccc2n1C. The first-order valence-electron chi connectivity index (χ1n) is 5.77. The topological polar surface area (TPSA) is 56.7 Å². The van der Waals surface area contributed by atoms with Gasteiger partial charge in [0.1, 0.15) is 0 Å². The van der Waals surface area contributed by atoms with E-state index in [4.69, 9.17) is 10.7 Å². The highest BCUT2D eigenvalue weighted by Crippen LogP contribution is 2.30. The molecule has 0 aliphatic carbocycles. The van der Waals surface area contributed by atoms with Gasteiger partial charge in [-0.3, -0.25) is 0 Å². The van der Waals surface area contributed by atoms with Crippen molar-refractivity contribution in [3.8, 4) is 10.7 Å². The van der Waals surface area contributed by atoms with Crippen LogP contribution in [0.3, 0.4) is 0 Å². The minimum absolute atomic E-state index is 0.509. The summed E-state index contributed by atoms with van der Waals surface area (Å²) < 4.78 is 2.11. The van der Waals surface area contributed by atoms with Gasteiger partial charge in [-0.1, -0.05) is 12.1 Å². The molecule has 3 rings (SSSR count). The predicted octanol–water partition coefficient (Wildman–Crippen LogP) is 2.46.